The molecule has 1 unspecified atom stereocenters. The van der Waals surface area contributed by atoms with Crippen LogP contribution in [0.2, 0.25) is 0 Å². The minimum Gasteiger partial charge on any atom is -0.356 e. The van der Waals surface area contributed by atoms with Crippen molar-refractivity contribution >= 4 is 39.8 Å². The van der Waals surface area contributed by atoms with Gasteiger partial charge in [0.05, 0.1) is 23.7 Å². The fourth-order valence-corrected chi connectivity index (χ4v) is 5.38. The van der Waals surface area contributed by atoms with Crippen molar-refractivity contribution in [1.29, 1.82) is 0 Å². The molecule has 1 atom stereocenters. The van der Waals surface area contributed by atoms with E-state index in [-0.39, 0.29) is 35.6 Å². The molecular formula is C18H29IN4O2S. The normalized spacial score (nSPS) is 23.2. The van der Waals surface area contributed by atoms with Gasteiger partial charge in [-0.15, -0.1) is 24.0 Å². The molecule has 1 aromatic rings. The summed E-state index contributed by atoms with van der Waals surface area (Å²) in [6.45, 7) is 1.17. The second-order valence-corrected chi connectivity index (χ2v) is 9.34. The smallest absolute Gasteiger partial charge is 0.191 e. The van der Waals surface area contributed by atoms with Crippen LogP contribution in [0, 0.1) is 5.92 Å². The lowest BCUT2D eigenvalue weighted by molar-refractivity contribution is 0.408. The summed E-state index contributed by atoms with van der Waals surface area (Å²) in [5.74, 6) is 1.56. The van der Waals surface area contributed by atoms with Gasteiger partial charge in [0.1, 0.15) is 0 Å². The van der Waals surface area contributed by atoms with Gasteiger partial charge in [-0.3, -0.25) is 4.98 Å². The van der Waals surface area contributed by atoms with Crippen LogP contribution in [-0.4, -0.2) is 43.5 Å². The number of aliphatic imine (C=N–C) groups is 1. The molecule has 0 spiro atoms. The van der Waals surface area contributed by atoms with Crippen molar-refractivity contribution in [2.45, 2.75) is 51.1 Å². The molecule has 0 radical (unpaired) electrons. The highest BCUT2D eigenvalue weighted by molar-refractivity contribution is 14.0. The van der Waals surface area contributed by atoms with Crippen molar-refractivity contribution in [3.05, 3.63) is 30.1 Å². The quantitative estimate of drug-likeness (QED) is 0.375. The Kier molecular flexibility index (Phi) is 8.59. The molecule has 0 bridgehead atoms. The second kappa shape index (κ2) is 10.4. The standard InChI is InChI=1S/C18H28N4O2S.HI/c23-25(24)11-9-15(14-25)12-20-18(22-16-6-2-1-3-7-16)21-13-17-8-4-5-10-19-17;/h4-5,8,10,15-16H,1-3,6-7,9,11-14H2,(H2,20,21,22);1H. The monoisotopic (exact) mass is 492 g/mol. The van der Waals surface area contributed by atoms with Gasteiger partial charge < -0.3 is 10.6 Å². The molecule has 8 heteroatoms. The van der Waals surface area contributed by atoms with Crippen LogP contribution in [-0.2, 0) is 16.4 Å². The SMILES string of the molecule is I.O=S1(=O)CCC(CNC(=NCc2ccccn2)NC2CCCCC2)C1. The Labute approximate surface area is 173 Å². The number of nitrogens with one attached hydrogen (secondary N) is 2. The molecule has 2 N–H and O–H groups in total. The lowest BCUT2D eigenvalue weighted by Crippen LogP contribution is -2.45. The summed E-state index contributed by atoms with van der Waals surface area (Å²) in [7, 11) is -2.84. The largest absolute Gasteiger partial charge is 0.356 e. The fourth-order valence-electron chi connectivity index (χ4n) is 3.52. The predicted octanol–water partition coefficient (Wildman–Crippen LogP) is 2.50. The Morgan fingerprint density at radius 2 is 2.00 bits per heavy atom. The van der Waals surface area contributed by atoms with E-state index >= 15 is 0 Å². The van der Waals surface area contributed by atoms with Crippen LogP contribution in [0.4, 0.5) is 0 Å². The molecule has 1 aromatic heterocycles. The summed E-state index contributed by atoms with van der Waals surface area (Å²) in [6.07, 6.45) is 8.68. The van der Waals surface area contributed by atoms with Gasteiger partial charge in [0.15, 0.2) is 15.8 Å². The van der Waals surface area contributed by atoms with Crippen LogP contribution in [0.1, 0.15) is 44.2 Å². The lowest BCUT2D eigenvalue weighted by atomic mass is 9.96. The molecule has 3 rings (SSSR count). The highest BCUT2D eigenvalue weighted by Crippen LogP contribution is 2.18. The van der Waals surface area contributed by atoms with Crippen LogP contribution < -0.4 is 10.6 Å². The molecule has 26 heavy (non-hydrogen) atoms. The molecule has 6 nitrogen and oxygen atoms in total. The first kappa shape index (κ1) is 21.4. The van der Waals surface area contributed by atoms with E-state index in [1.165, 1.54) is 32.1 Å². The first-order chi connectivity index (χ1) is 12.1. The maximum atomic E-state index is 11.6. The van der Waals surface area contributed by atoms with E-state index < -0.39 is 9.84 Å². The van der Waals surface area contributed by atoms with Gasteiger partial charge in [0.25, 0.3) is 0 Å². The maximum Gasteiger partial charge on any atom is 0.191 e. The van der Waals surface area contributed by atoms with E-state index in [9.17, 15) is 8.42 Å². The minimum absolute atomic E-state index is 0. The van der Waals surface area contributed by atoms with Crippen molar-refractivity contribution < 1.29 is 8.42 Å². The average Bonchev–Trinajstić information content (AvgIpc) is 2.98. The van der Waals surface area contributed by atoms with Crippen LogP contribution in [0.3, 0.4) is 0 Å². The highest BCUT2D eigenvalue weighted by atomic mass is 127. The zero-order valence-corrected chi connectivity index (χ0v) is 18.2. The fraction of sp³-hybridized carbons (Fsp3) is 0.667. The molecule has 1 aliphatic carbocycles. The van der Waals surface area contributed by atoms with Crippen molar-refractivity contribution in [2.24, 2.45) is 10.9 Å². The van der Waals surface area contributed by atoms with E-state index in [0.29, 0.717) is 24.9 Å². The lowest BCUT2D eigenvalue weighted by Gasteiger charge is -2.25. The number of rotatable bonds is 5. The summed E-state index contributed by atoms with van der Waals surface area (Å²) in [5, 5.41) is 6.90. The van der Waals surface area contributed by atoms with Gasteiger partial charge in [0, 0.05) is 18.8 Å². The number of halogens is 1. The van der Waals surface area contributed by atoms with E-state index in [1.807, 2.05) is 18.2 Å². The minimum atomic E-state index is -2.84. The number of nitrogens with zero attached hydrogens (tertiary/aromatic N) is 2. The summed E-state index contributed by atoms with van der Waals surface area (Å²) in [4.78, 5) is 8.98. The van der Waals surface area contributed by atoms with Gasteiger partial charge in [-0.25, -0.2) is 13.4 Å². The van der Waals surface area contributed by atoms with Crippen LogP contribution >= 0.6 is 24.0 Å². The van der Waals surface area contributed by atoms with Crippen molar-refractivity contribution in [1.82, 2.24) is 15.6 Å². The summed E-state index contributed by atoms with van der Waals surface area (Å²) < 4.78 is 23.3. The molecule has 2 fully saturated rings. The van der Waals surface area contributed by atoms with Gasteiger partial charge in [-0.1, -0.05) is 25.3 Å². The molecule has 1 aliphatic heterocycles. The molecule has 146 valence electrons. The molecule has 2 heterocycles. The highest BCUT2D eigenvalue weighted by Gasteiger charge is 2.28. The number of pyridine rings is 1. The number of sulfone groups is 1. The molecular weight excluding hydrogens is 463 g/mol. The Bertz CT molecular complexity index is 676. The van der Waals surface area contributed by atoms with Gasteiger partial charge in [0.2, 0.25) is 0 Å². The topological polar surface area (TPSA) is 83.5 Å². The third-order valence-corrected chi connectivity index (χ3v) is 6.79. The van der Waals surface area contributed by atoms with E-state index in [0.717, 1.165) is 18.1 Å². The first-order valence-corrected chi connectivity index (χ1v) is 11.1. The molecule has 1 saturated carbocycles. The third-order valence-electron chi connectivity index (χ3n) is 4.96. The van der Waals surface area contributed by atoms with Gasteiger partial charge in [-0.2, -0.15) is 0 Å². The van der Waals surface area contributed by atoms with E-state index in [1.54, 1.807) is 6.20 Å². The first-order valence-electron chi connectivity index (χ1n) is 9.26. The van der Waals surface area contributed by atoms with Crippen LogP contribution in [0.25, 0.3) is 0 Å². The third kappa shape index (κ3) is 7.02. The number of guanidine groups is 1. The van der Waals surface area contributed by atoms with E-state index in [2.05, 4.69) is 20.6 Å². The molecule has 2 aliphatic rings. The van der Waals surface area contributed by atoms with Gasteiger partial charge >= 0.3 is 0 Å². The summed E-state index contributed by atoms with van der Waals surface area (Å²) in [5.41, 5.74) is 0.927. The Morgan fingerprint density at radius 3 is 2.65 bits per heavy atom. The molecule has 0 amide bonds. The Morgan fingerprint density at radius 1 is 1.19 bits per heavy atom. The number of hydrogen-bond donors (Lipinski definition) is 2. The van der Waals surface area contributed by atoms with Gasteiger partial charge in [-0.05, 0) is 37.3 Å². The second-order valence-electron chi connectivity index (χ2n) is 7.12. The predicted molar refractivity (Wildman–Crippen MR) is 116 cm³/mol. The van der Waals surface area contributed by atoms with Crippen LogP contribution in [0.15, 0.2) is 29.4 Å². The maximum absolute atomic E-state index is 11.6. The van der Waals surface area contributed by atoms with Crippen molar-refractivity contribution in [3.8, 4) is 0 Å². The zero-order valence-electron chi connectivity index (χ0n) is 15.1. The van der Waals surface area contributed by atoms with Crippen LogP contribution in [0.5, 0.6) is 0 Å². The molecule has 1 saturated heterocycles. The van der Waals surface area contributed by atoms with Crippen molar-refractivity contribution in [3.63, 3.8) is 0 Å². The number of aromatic nitrogens is 1. The Balaban J connectivity index is 0.00000243. The summed E-state index contributed by atoms with van der Waals surface area (Å²) >= 11 is 0. The number of hydrogen-bond acceptors (Lipinski definition) is 4. The van der Waals surface area contributed by atoms with E-state index in [4.69, 9.17) is 0 Å². The average molecular weight is 492 g/mol. The Hall–Kier alpha value is -0.900. The summed E-state index contributed by atoms with van der Waals surface area (Å²) in [6, 6.07) is 6.28. The van der Waals surface area contributed by atoms with Crippen molar-refractivity contribution in [2.75, 3.05) is 18.1 Å². The molecule has 0 aromatic carbocycles. The zero-order chi connectivity index (χ0) is 17.5.